The largest absolute Gasteiger partial charge is 0.491 e. The van der Waals surface area contributed by atoms with E-state index in [2.05, 4.69) is 0 Å². The fraction of sp³-hybridized carbons (Fsp3) is 0.462. The predicted octanol–water partition coefficient (Wildman–Crippen LogP) is 0.940. The molecule has 17 heavy (non-hydrogen) atoms. The van der Waals surface area contributed by atoms with E-state index in [0.29, 0.717) is 5.75 Å². The lowest BCUT2D eigenvalue weighted by molar-refractivity contribution is -0.133. The minimum absolute atomic E-state index is 0.0288. The molecule has 0 saturated carbocycles. The van der Waals surface area contributed by atoms with Crippen molar-refractivity contribution in [2.75, 3.05) is 13.2 Å². The highest BCUT2D eigenvalue weighted by molar-refractivity contribution is 5.88. The van der Waals surface area contributed by atoms with E-state index in [4.69, 9.17) is 9.84 Å². The summed E-state index contributed by atoms with van der Waals surface area (Å²) >= 11 is 0. The van der Waals surface area contributed by atoms with E-state index >= 15 is 0 Å². The average molecular weight is 238 g/mol. The van der Waals surface area contributed by atoms with Crippen molar-refractivity contribution in [3.05, 3.63) is 29.8 Å². The minimum atomic E-state index is -1.30. The van der Waals surface area contributed by atoms with E-state index in [-0.39, 0.29) is 25.4 Å². The Morgan fingerprint density at radius 2 is 1.88 bits per heavy atom. The quantitative estimate of drug-likeness (QED) is 0.774. The van der Waals surface area contributed by atoms with Gasteiger partial charge in [0.1, 0.15) is 18.0 Å². The number of carbonyl (C=O) groups is 1. The van der Waals surface area contributed by atoms with Gasteiger partial charge in [-0.1, -0.05) is 12.1 Å². The van der Waals surface area contributed by atoms with Crippen molar-refractivity contribution in [2.24, 2.45) is 0 Å². The summed E-state index contributed by atoms with van der Waals surface area (Å²) < 4.78 is 5.20. The first-order chi connectivity index (χ1) is 7.93. The molecule has 2 N–H and O–H groups in total. The second-order valence-electron chi connectivity index (χ2n) is 4.37. The van der Waals surface area contributed by atoms with E-state index in [0.717, 1.165) is 5.56 Å². The number of ketones is 1. The Morgan fingerprint density at radius 3 is 2.35 bits per heavy atom. The van der Waals surface area contributed by atoms with Crippen LogP contribution >= 0.6 is 0 Å². The number of rotatable bonds is 6. The van der Waals surface area contributed by atoms with Gasteiger partial charge in [0.2, 0.25) is 0 Å². The van der Waals surface area contributed by atoms with Crippen molar-refractivity contribution >= 4 is 5.78 Å². The van der Waals surface area contributed by atoms with Crippen LogP contribution in [0.1, 0.15) is 19.4 Å². The molecule has 0 heterocycles. The van der Waals surface area contributed by atoms with E-state index in [1.807, 2.05) is 0 Å². The van der Waals surface area contributed by atoms with E-state index < -0.39 is 5.60 Å². The van der Waals surface area contributed by atoms with Gasteiger partial charge in [-0.2, -0.15) is 0 Å². The van der Waals surface area contributed by atoms with Gasteiger partial charge in [-0.25, -0.2) is 0 Å². The maximum Gasteiger partial charge on any atom is 0.168 e. The molecule has 4 nitrogen and oxygen atoms in total. The molecule has 0 aliphatic heterocycles. The SMILES string of the molecule is CC(C)(O)C(=O)Cc1ccc(OCCO)cc1. The molecule has 0 bridgehead atoms. The zero-order valence-corrected chi connectivity index (χ0v) is 10.1. The van der Waals surface area contributed by atoms with E-state index in [9.17, 15) is 9.90 Å². The summed E-state index contributed by atoms with van der Waals surface area (Å²) in [7, 11) is 0. The van der Waals surface area contributed by atoms with Crippen LogP contribution in [0.5, 0.6) is 5.75 Å². The molecular weight excluding hydrogens is 220 g/mol. The highest BCUT2D eigenvalue weighted by atomic mass is 16.5. The summed E-state index contributed by atoms with van der Waals surface area (Å²) in [5, 5.41) is 18.1. The Labute approximate surface area is 101 Å². The highest BCUT2D eigenvalue weighted by Gasteiger charge is 2.23. The molecule has 0 aliphatic rings. The fourth-order valence-electron chi connectivity index (χ4n) is 1.27. The maximum atomic E-state index is 11.6. The summed E-state index contributed by atoms with van der Waals surface area (Å²) in [4.78, 5) is 11.6. The number of carbonyl (C=O) groups excluding carboxylic acids is 1. The maximum absolute atomic E-state index is 11.6. The summed E-state index contributed by atoms with van der Waals surface area (Å²) in [6, 6.07) is 7.03. The predicted molar refractivity (Wildman–Crippen MR) is 64.0 cm³/mol. The van der Waals surface area contributed by atoms with Gasteiger partial charge in [0.25, 0.3) is 0 Å². The van der Waals surface area contributed by atoms with Crippen LogP contribution in [0.3, 0.4) is 0 Å². The summed E-state index contributed by atoms with van der Waals surface area (Å²) in [6.07, 6.45) is 0.198. The molecule has 0 radical (unpaired) electrons. The zero-order valence-electron chi connectivity index (χ0n) is 10.1. The van der Waals surface area contributed by atoms with Crippen LogP contribution in [0, 0.1) is 0 Å². The molecule has 0 unspecified atom stereocenters. The summed E-state index contributed by atoms with van der Waals surface area (Å²) in [6.45, 7) is 3.18. The Bertz CT molecular complexity index is 362. The van der Waals surface area contributed by atoms with Gasteiger partial charge in [-0.15, -0.1) is 0 Å². The average Bonchev–Trinajstić information content (AvgIpc) is 2.27. The molecule has 94 valence electrons. The third-order valence-corrected chi connectivity index (χ3v) is 2.33. The number of aliphatic hydroxyl groups excluding tert-OH is 1. The Kier molecular flexibility index (Phi) is 4.66. The number of aliphatic hydroxyl groups is 2. The smallest absolute Gasteiger partial charge is 0.168 e. The van der Waals surface area contributed by atoms with Crippen LogP contribution in [0.2, 0.25) is 0 Å². The molecule has 1 aromatic rings. The molecule has 0 fully saturated rings. The molecule has 0 saturated heterocycles. The van der Waals surface area contributed by atoms with Crippen LogP contribution in [0.25, 0.3) is 0 Å². The Balaban J connectivity index is 2.59. The molecule has 0 atom stereocenters. The van der Waals surface area contributed by atoms with Crippen molar-refractivity contribution in [1.82, 2.24) is 0 Å². The molecule has 0 aromatic heterocycles. The molecular formula is C13H18O4. The summed E-state index contributed by atoms with van der Waals surface area (Å²) in [5.74, 6) is 0.431. The van der Waals surface area contributed by atoms with Gasteiger partial charge in [-0.3, -0.25) is 4.79 Å². The van der Waals surface area contributed by atoms with Gasteiger partial charge in [0.15, 0.2) is 5.78 Å². The molecule has 0 spiro atoms. The first-order valence-corrected chi connectivity index (χ1v) is 5.52. The van der Waals surface area contributed by atoms with Crippen LogP contribution in [-0.2, 0) is 11.2 Å². The van der Waals surface area contributed by atoms with Crippen molar-refractivity contribution in [1.29, 1.82) is 0 Å². The van der Waals surface area contributed by atoms with Gasteiger partial charge < -0.3 is 14.9 Å². The number of hydrogen-bond acceptors (Lipinski definition) is 4. The van der Waals surface area contributed by atoms with Crippen LogP contribution < -0.4 is 4.74 Å². The van der Waals surface area contributed by atoms with Crippen molar-refractivity contribution in [3.63, 3.8) is 0 Å². The van der Waals surface area contributed by atoms with Crippen LogP contribution in [0.15, 0.2) is 24.3 Å². The molecule has 0 amide bonds. The number of Topliss-reactive ketones (excluding diaryl/α,β-unsaturated/α-hetero) is 1. The normalized spacial score (nSPS) is 11.3. The fourth-order valence-corrected chi connectivity index (χ4v) is 1.27. The van der Waals surface area contributed by atoms with Crippen molar-refractivity contribution in [3.8, 4) is 5.75 Å². The number of hydrogen-bond donors (Lipinski definition) is 2. The van der Waals surface area contributed by atoms with Gasteiger partial charge in [0.05, 0.1) is 6.61 Å². The first-order valence-electron chi connectivity index (χ1n) is 5.52. The minimum Gasteiger partial charge on any atom is -0.491 e. The topological polar surface area (TPSA) is 66.8 Å². The lowest BCUT2D eigenvalue weighted by Gasteiger charge is -2.15. The van der Waals surface area contributed by atoms with Crippen molar-refractivity contribution in [2.45, 2.75) is 25.9 Å². The summed E-state index contributed by atoms with van der Waals surface area (Å²) in [5.41, 5.74) is -0.472. The second-order valence-corrected chi connectivity index (χ2v) is 4.37. The van der Waals surface area contributed by atoms with Gasteiger partial charge in [-0.05, 0) is 31.5 Å². The molecule has 4 heteroatoms. The first kappa shape index (κ1) is 13.7. The zero-order chi connectivity index (χ0) is 12.9. The van der Waals surface area contributed by atoms with Gasteiger partial charge in [0, 0.05) is 6.42 Å². The van der Waals surface area contributed by atoms with Gasteiger partial charge >= 0.3 is 0 Å². The molecule has 0 aliphatic carbocycles. The van der Waals surface area contributed by atoms with E-state index in [1.54, 1.807) is 24.3 Å². The molecule has 1 aromatic carbocycles. The monoisotopic (exact) mass is 238 g/mol. The van der Waals surface area contributed by atoms with Crippen LogP contribution in [0.4, 0.5) is 0 Å². The lowest BCUT2D eigenvalue weighted by Crippen LogP contribution is -2.32. The van der Waals surface area contributed by atoms with E-state index in [1.165, 1.54) is 13.8 Å². The second kappa shape index (κ2) is 5.80. The number of benzene rings is 1. The Hall–Kier alpha value is -1.39. The highest BCUT2D eigenvalue weighted by Crippen LogP contribution is 2.14. The standard InChI is InChI=1S/C13H18O4/c1-13(2,16)12(15)9-10-3-5-11(6-4-10)17-8-7-14/h3-6,14,16H,7-9H2,1-2H3. The third-order valence-electron chi connectivity index (χ3n) is 2.33. The third kappa shape index (κ3) is 4.54. The lowest BCUT2D eigenvalue weighted by atomic mass is 9.97. The van der Waals surface area contributed by atoms with Crippen LogP contribution in [-0.4, -0.2) is 34.8 Å². The molecule has 1 rings (SSSR count). The Morgan fingerprint density at radius 1 is 1.29 bits per heavy atom. The number of ether oxygens (including phenoxy) is 1. The van der Waals surface area contributed by atoms with Crippen molar-refractivity contribution < 1.29 is 19.7 Å².